The van der Waals surface area contributed by atoms with Crippen LogP contribution in [0.3, 0.4) is 0 Å². The summed E-state index contributed by atoms with van der Waals surface area (Å²) in [7, 11) is 0. The van der Waals surface area contributed by atoms with E-state index in [-0.39, 0.29) is 24.4 Å². The molecule has 0 unspecified atom stereocenters. The Labute approximate surface area is 201 Å². The number of ether oxygens (including phenoxy) is 1. The molecule has 0 spiro atoms. The Hall–Kier alpha value is -3.49. The average Bonchev–Trinajstić information content (AvgIpc) is 3.30. The van der Waals surface area contributed by atoms with Gasteiger partial charge in [-0.1, -0.05) is 42.0 Å². The van der Waals surface area contributed by atoms with Crippen LogP contribution < -0.4 is 15.8 Å². The minimum atomic E-state index is -0.142. The molecule has 0 bridgehead atoms. The van der Waals surface area contributed by atoms with E-state index in [1.807, 2.05) is 60.8 Å². The Morgan fingerprint density at radius 1 is 1.12 bits per heavy atom. The second-order valence-corrected chi connectivity index (χ2v) is 9.21. The van der Waals surface area contributed by atoms with Gasteiger partial charge in [0.1, 0.15) is 4.83 Å². The Morgan fingerprint density at radius 2 is 1.88 bits per heavy atom. The highest BCUT2D eigenvalue weighted by atomic mass is 32.1. The van der Waals surface area contributed by atoms with Gasteiger partial charge in [0.05, 0.1) is 36.3 Å². The molecule has 1 amide bonds. The fourth-order valence-corrected chi connectivity index (χ4v) is 5.07. The minimum absolute atomic E-state index is 0.122. The molecule has 1 saturated heterocycles. The van der Waals surface area contributed by atoms with E-state index in [0.717, 1.165) is 35.6 Å². The molecule has 3 heterocycles. The van der Waals surface area contributed by atoms with Crippen molar-refractivity contribution in [1.29, 1.82) is 0 Å². The number of aryl methyl sites for hydroxylation is 2. The van der Waals surface area contributed by atoms with Gasteiger partial charge in [-0.15, -0.1) is 11.3 Å². The summed E-state index contributed by atoms with van der Waals surface area (Å²) in [6.45, 7) is 5.22. The first-order chi connectivity index (χ1) is 16.6. The van der Waals surface area contributed by atoms with Gasteiger partial charge in [-0.2, -0.15) is 0 Å². The number of hydrogen-bond donors (Lipinski definition) is 1. The molecule has 34 heavy (non-hydrogen) atoms. The second-order valence-electron chi connectivity index (χ2n) is 8.35. The van der Waals surface area contributed by atoms with Gasteiger partial charge in [-0.25, -0.2) is 4.98 Å². The summed E-state index contributed by atoms with van der Waals surface area (Å²) < 4.78 is 6.97. The van der Waals surface area contributed by atoms with E-state index in [1.165, 1.54) is 27.8 Å². The summed E-state index contributed by atoms with van der Waals surface area (Å²) in [5.41, 5.74) is 4.68. The molecule has 1 fully saturated rings. The predicted octanol–water partition coefficient (Wildman–Crippen LogP) is 4.30. The van der Waals surface area contributed by atoms with Crippen LogP contribution in [0.25, 0.3) is 21.3 Å². The predicted molar refractivity (Wildman–Crippen MR) is 137 cm³/mol. The zero-order chi connectivity index (χ0) is 23.5. The molecule has 0 aliphatic carbocycles. The zero-order valence-corrected chi connectivity index (χ0v) is 19.8. The summed E-state index contributed by atoms with van der Waals surface area (Å²) >= 11 is 1.46. The lowest BCUT2D eigenvalue weighted by Crippen LogP contribution is -2.36. The van der Waals surface area contributed by atoms with Crippen LogP contribution in [-0.2, 0) is 16.1 Å². The number of fused-ring (bicyclic) bond motifs is 1. The molecule has 0 radical (unpaired) electrons. The highest BCUT2D eigenvalue weighted by Crippen LogP contribution is 2.31. The van der Waals surface area contributed by atoms with Gasteiger partial charge < -0.3 is 15.0 Å². The van der Waals surface area contributed by atoms with Crippen LogP contribution in [0.1, 0.15) is 12.0 Å². The van der Waals surface area contributed by atoms with Gasteiger partial charge in [0.25, 0.3) is 5.56 Å². The van der Waals surface area contributed by atoms with Crippen LogP contribution in [-0.4, -0.2) is 41.8 Å². The number of nitrogens with zero attached hydrogens (tertiary/aromatic N) is 3. The van der Waals surface area contributed by atoms with E-state index in [1.54, 1.807) is 0 Å². The Bertz CT molecular complexity index is 1370. The average molecular weight is 475 g/mol. The summed E-state index contributed by atoms with van der Waals surface area (Å²) in [4.78, 5) is 33.4. The van der Waals surface area contributed by atoms with Crippen LogP contribution >= 0.6 is 11.3 Å². The van der Waals surface area contributed by atoms with E-state index in [2.05, 4.69) is 15.2 Å². The second kappa shape index (κ2) is 9.79. The van der Waals surface area contributed by atoms with Crippen molar-refractivity contribution in [3.63, 3.8) is 0 Å². The molecule has 2 aromatic heterocycles. The maximum Gasteiger partial charge on any atom is 0.262 e. The molecule has 1 aliphatic rings. The first-order valence-electron chi connectivity index (χ1n) is 11.4. The molecule has 8 heteroatoms. The number of carbonyl (C=O) groups excluding carboxylic acids is 1. The van der Waals surface area contributed by atoms with Crippen molar-refractivity contribution >= 4 is 38.8 Å². The Morgan fingerprint density at radius 3 is 2.68 bits per heavy atom. The summed E-state index contributed by atoms with van der Waals surface area (Å²) in [5.74, 6) is -0.142. The largest absolute Gasteiger partial charge is 0.378 e. The van der Waals surface area contributed by atoms with Crippen molar-refractivity contribution in [1.82, 2.24) is 9.55 Å². The first-order valence-corrected chi connectivity index (χ1v) is 12.2. The SMILES string of the molecule is Cc1ccc(-c2csc3ncn(CCC(=O)Nc4ccccc4N4CCOCC4)c(=O)c23)cc1. The van der Waals surface area contributed by atoms with E-state index in [0.29, 0.717) is 23.4 Å². The first kappa shape index (κ1) is 22.3. The quantitative estimate of drug-likeness (QED) is 0.451. The van der Waals surface area contributed by atoms with E-state index < -0.39 is 0 Å². The van der Waals surface area contributed by atoms with Crippen molar-refractivity contribution in [2.75, 3.05) is 36.5 Å². The smallest absolute Gasteiger partial charge is 0.262 e. The minimum Gasteiger partial charge on any atom is -0.378 e. The molecule has 4 aromatic rings. The van der Waals surface area contributed by atoms with Gasteiger partial charge in [0.2, 0.25) is 5.91 Å². The zero-order valence-electron chi connectivity index (χ0n) is 19.0. The number of rotatable bonds is 6. The molecule has 1 aliphatic heterocycles. The standard InChI is InChI=1S/C26H26N4O3S/c1-18-6-8-19(9-7-18)20-16-34-25-24(20)26(32)30(17-27-25)11-10-23(31)28-21-4-2-3-5-22(21)29-12-14-33-15-13-29/h2-9,16-17H,10-15H2,1H3,(H,28,31). The van der Waals surface area contributed by atoms with Gasteiger partial charge >= 0.3 is 0 Å². The topological polar surface area (TPSA) is 76.5 Å². The number of nitrogens with one attached hydrogen (secondary N) is 1. The molecule has 0 atom stereocenters. The molecular formula is C26H26N4O3S. The van der Waals surface area contributed by atoms with Crippen molar-refractivity contribution < 1.29 is 9.53 Å². The molecule has 2 aromatic carbocycles. The molecule has 0 saturated carbocycles. The van der Waals surface area contributed by atoms with Crippen LogP contribution in [0.2, 0.25) is 0 Å². The lowest BCUT2D eigenvalue weighted by Gasteiger charge is -2.30. The maximum atomic E-state index is 13.3. The maximum absolute atomic E-state index is 13.3. The van der Waals surface area contributed by atoms with Crippen LogP contribution in [0.4, 0.5) is 11.4 Å². The number of benzene rings is 2. The number of amides is 1. The van der Waals surface area contributed by atoms with Crippen molar-refractivity contribution in [2.45, 2.75) is 19.9 Å². The van der Waals surface area contributed by atoms with E-state index in [9.17, 15) is 9.59 Å². The third-order valence-corrected chi connectivity index (χ3v) is 6.92. The monoisotopic (exact) mass is 474 g/mol. The molecule has 174 valence electrons. The Kier molecular flexibility index (Phi) is 6.42. The summed E-state index contributed by atoms with van der Waals surface area (Å²) in [6.07, 6.45) is 1.71. The highest BCUT2D eigenvalue weighted by Gasteiger charge is 2.17. The summed E-state index contributed by atoms with van der Waals surface area (Å²) in [6, 6.07) is 15.9. The third kappa shape index (κ3) is 4.60. The fourth-order valence-electron chi connectivity index (χ4n) is 4.17. The van der Waals surface area contributed by atoms with Crippen LogP contribution in [0, 0.1) is 6.92 Å². The lowest BCUT2D eigenvalue weighted by atomic mass is 10.1. The van der Waals surface area contributed by atoms with Crippen LogP contribution in [0.15, 0.2) is 65.0 Å². The number of carbonyl (C=O) groups is 1. The fraction of sp³-hybridized carbons (Fsp3) is 0.269. The normalized spacial score (nSPS) is 13.9. The van der Waals surface area contributed by atoms with E-state index in [4.69, 9.17) is 4.74 Å². The molecular weight excluding hydrogens is 448 g/mol. The lowest BCUT2D eigenvalue weighted by molar-refractivity contribution is -0.116. The van der Waals surface area contributed by atoms with Crippen molar-refractivity contribution in [3.8, 4) is 11.1 Å². The number of aromatic nitrogens is 2. The van der Waals surface area contributed by atoms with Gasteiger partial charge in [-0.3, -0.25) is 14.2 Å². The number of hydrogen-bond acceptors (Lipinski definition) is 6. The summed E-state index contributed by atoms with van der Waals surface area (Å²) in [5, 5.41) is 5.60. The molecule has 1 N–H and O–H groups in total. The van der Waals surface area contributed by atoms with Gasteiger partial charge in [-0.05, 0) is 24.6 Å². The molecule has 5 rings (SSSR count). The van der Waals surface area contributed by atoms with Crippen molar-refractivity contribution in [3.05, 3.63) is 76.2 Å². The number of anilines is 2. The molecule has 7 nitrogen and oxygen atoms in total. The number of thiophene rings is 1. The Balaban J connectivity index is 1.32. The highest BCUT2D eigenvalue weighted by molar-refractivity contribution is 7.17. The van der Waals surface area contributed by atoms with Crippen LogP contribution in [0.5, 0.6) is 0 Å². The number of morpholine rings is 1. The van der Waals surface area contributed by atoms with Crippen molar-refractivity contribution in [2.24, 2.45) is 0 Å². The number of para-hydroxylation sites is 2. The van der Waals surface area contributed by atoms with Gasteiger partial charge in [0.15, 0.2) is 0 Å². The third-order valence-electron chi connectivity index (χ3n) is 6.03. The van der Waals surface area contributed by atoms with Gasteiger partial charge in [0, 0.05) is 37.0 Å². The van der Waals surface area contributed by atoms with E-state index >= 15 is 0 Å².